The summed E-state index contributed by atoms with van der Waals surface area (Å²) < 4.78 is 0. The van der Waals surface area contributed by atoms with Crippen LogP contribution in [0.15, 0.2) is 0 Å². The zero-order valence-electron chi connectivity index (χ0n) is 7.86. The van der Waals surface area contributed by atoms with Gasteiger partial charge in [-0.2, -0.15) is 0 Å². The molecular formula is C8H19N3. The molecule has 1 saturated heterocycles. The van der Waals surface area contributed by atoms with Crippen molar-refractivity contribution < 1.29 is 0 Å². The number of hydrogen-bond acceptors (Lipinski definition) is 3. The molecule has 4 N–H and O–H groups in total. The SMILES string of the molecule is CC1(C)CNC(N)C(C)(C)N1. The third-order valence-corrected chi connectivity index (χ3v) is 2.20. The molecule has 0 saturated carbocycles. The molecule has 0 radical (unpaired) electrons. The van der Waals surface area contributed by atoms with Crippen LogP contribution in [0.4, 0.5) is 0 Å². The highest BCUT2D eigenvalue weighted by molar-refractivity contribution is 5.00. The maximum Gasteiger partial charge on any atom is 0.0729 e. The first-order chi connectivity index (χ1) is 4.83. The molecule has 0 aliphatic carbocycles. The lowest BCUT2D eigenvalue weighted by Crippen LogP contribution is -2.73. The van der Waals surface area contributed by atoms with E-state index in [1.807, 2.05) is 0 Å². The molecular weight excluding hydrogens is 138 g/mol. The van der Waals surface area contributed by atoms with Gasteiger partial charge in [0.05, 0.1) is 6.17 Å². The third kappa shape index (κ3) is 1.92. The number of nitrogens with two attached hydrogens (primary N) is 1. The third-order valence-electron chi connectivity index (χ3n) is 2.20. The molecule has 1 atom stereocenters. The van der Waals surface area contributed by atoms with E-state index in [1.54, 1.807) is 0 Å². The predicted octanol–water partition coefficient (Wildman–Crippen LogP) is 0.0212. The Morgan fingerprint density at radius 3 is 2.18 bits per heavy atom. The lowest BCUT2D eigenvalue weighted by atomic mass is 9.90. The van der Waals surface area contributed by atoms with E-state index in [0.29, 0.717) is 0 Å². The van der Waals surface area contributed by atoms with Gasteiger partial charge in [-0.1, -0.05) is 0 Å². The van der Waals surface area contributed by atoms with Crippen molar-refractivity contribution in [3.63, 3.8) is 0 Å². The van der Waals surface area contributed by atoms with Crippen LogP contribution in [0.1, 0.15) is 27.7 Å². The Balaban J connectivity index is 2.67. The van der Waals surface area contributed by atoms with Crippen LogP contribution in [-0.4, -0.2) is 23.8 Å². The quantitative estimate of drug-likeness (QED) is 0.464. The Bertz CT molecular complexity index is 151. The molecule has 3 nitrogen and oxygen atoms in total. The minimum atomic E-state index is -0.0122. The molecule has 3 heteroatoms. The smallest absolute Gasteiger partial charge is 0.0729 e. The predicted molar refractivity (Wildman–Crippen MR) is 47.3 cm³/mol. The topological polar surface area (TPSA) is 50.1 Å². The van der Waals surface area contributed by atoms with Crippen LogP contribution in [0.5, 0.6) is 0 Å². The van der Waals surface area contributed by atoms with Gasteiger partial charge in [-0.3, -0.25) is 5.32 Å². The fraction of sp³-hybridized carbons (Fsp3) is 1.00. The number of hydrogen-bond donors (Lipinski definition) is 3. The van der Waals surface area contributed by atoms with E-state index in [0.717, 1.165) is 6.54 Å². The highest BCUT2D eigenvalue weighted by Crippen LogP contribution is 2.16. The number of rotatable bonds is 0. The molecule has 0 bridgehead atoms. The highest BCUT2D eigenvalue weighted by Gasteiger charge is 2.37. The van der Waals surface area contributed by atoms with Gasteiger partial charge in [-0.05, 0) is 27.7 Å². The lowest BCUT2D eigenvalue weighted by Gasteiger charge is -2.47. The fourth-order valence-corrected chi connectivity index (χ4v) is 1.61. The van der Waals surface area contributed by atoms with Gasteiger partial charge in [0.1, 0.15) is 0 Å². The van der Waals surface area contributed by atoms with Crippen LogP contribution in [0, 0.1) is 0 Å². The molecule has 1 rings (SSSR count). The summed E-state index contributed by atoms with van der Waals surface area (Å²) in [6.07, 6.45) is 0.0514. The van der Waals surface area contributed by atoms with Crippen LogP contribution in [0.3, 0.4) is 0 Å². The second-order valence-electron chi connectivity index (χ2n) is 4.59. The Morgan fingerprint density at radius 1 is 1.27 bits per heavy atom. The van der Waals surface area contributed by atoms with Crippen LogP contribution in [-0.2, 0) is 0 Å². The Morgan fingerprint density at radius 2 is 1.82 bits per heavy atom. The maximum atomic E-state index is 5.86. The van der Waals surface area contributed by atoms with E-state index in [9.17, 15) is 0 Å². The largest absolute Gasteiger partial charge is 0.314 e. The zero-order chi connectivity index (χ0) is 8.70. The van der Waals surface area contributed by atoms with Crippen molar-refractivity contribution in [2.75, 3.05) is 6.54 Å². The lowest BCUT2D eigenvalue weighted by molar-refractivity contribution is 0.149. The molecule has 0 aromatic rings. The fourth-order valence-electron chi connectivity index (χ4n) is 1.61. The summed E-state index contributed by atoms with van der Waals surface area (Å²) in [5, 5.41) is 6.77. The Labute approximate surface area is 68.7 Å². The van der Waals surface area contributed by atoms with Crippen molar-refractivity contribution in [1.82, 2.24) is 10.6 Å². The molecule has 0 spiro atoms. The van der Waals surface area contributed by atoms with Crippen molar-refractivity contribution in [3.05, 3.63) is 0 Å². The van der Waals surface area contributed by atoms with E-state index in [4.69, 9.17) is 5.73 Å². The summed E-state index contributed by atoms with van der Waals surface area (Å²) in [5.41, 5.74) is 6.00. The molecule has 0 amide bonds. The second-order valence-corrected chi connectivity index (χ2v) is 4.59. The molecule has 11 heavy (non-hydrogen) atoms. The monoisotopic (exact) mass is 157 g/mol. The molecule has 1 aliphatic rings. The van der Waals surface area contributed by atoms with E-state index in [2.05, 4.69) is 38.3 Å². The van der Waals surface area contributed by atoms with Crippen molar-refractivity contribution in [2.24, 2.45) is 5.73 Å². The normalized spacial score (nSPS) is 35.2. The average molecular weight is 157 g/mol. The van der Waals surface area contributed by atoms with Gasteiger partial charge in [-0.25, -0.2) is 0 Å². The summed E-state index contributed by atoms with van der Waals surface area (Å²) in [6, 6.07) is 0. The van der Waals surface area contributed by atoms with Crippen molar-refractivity contribution in [2.45, 2.75) is 44.9 Å². The van der Waals surface area contributed by atoms with Crippen molar-refractivity contribution in [3.8, 4) is 0 Å². The average Bonchev–Trinajstić information content (AvgIpc) is 1.77. The first-order valence-electron chi connectivity index (χ1n) is 4.12. The maximum absolute atomic E-state index is 5.86. The summed E-state index contributed by atoms with van der Waals surface area (Å²) in [7, 11) is 0. The van der Waals surface area contributed by atoms with Gasteiger partial charge in [-0.15, -0.1) is 0 Å². The molecule has 0 aromatic heterocycles. The first kappa shape index (κ1) is 8.97. The number of piperazine rings is 1. The minimum absolute atomic E-state index is 0.0122. The van der Waals surface area contributed by atoms with Crippen LogP contribution in [0.25, 0.3) is 0 Å². The van der Waals surface area contributed by atoms with Crippen LogP contribution >= 0.6 is 0 Å². The van der Waals surface area contributed by atoms with Crippen LogP contribution in [0.2, 0.25) is 0 Å². The van der Waals surface area contributed by atoms with Gasteiger partial charge >= 0.3 is 0 Å². The molecule has 1 fully saturated rings. The van der Waals surface area contributed by atoms with E-state index >= 15 is 0 Å². The van der Waals surface area contributed by atoms with E-state index in [1.165, 1.54) is 0 Å². The van der Waals surface area contributed by atoms with Crippen molar-refractivity contribution >= 4 is 0 Å². The Kier molecular flexibility index (Phi) is 1.99. The van der Waals surface area contributed by atoms with Gasteiger partial charge in [0.25, 0.3) is 0 Å². The molecule has 1 heterocycles. The van der Waals surface area contributed by atoms with E-state index in [-0.39, 0.29) is 17.2 Å². The molecule has 66 valence electrons. The highest BCUT2D eigenvalue weighted by atomic mass is 15.2. The number of nitrogens with one attached hydrogen (secondary N) is 2. The summed E-state index contributed by atoms with van der Waals surface area (Å²) in [6.45, 7) is 9.51. The minimum Gasteiger partial charge on any atom is -0.314 e. The first-order valence-corrected chi connectivity index (χ1v) is 4.12. The Hall–Kier alpha value is -0.120. The second kappa shape index (κ2) is 2.44. The summed E-state index contributed by atoms with van der Waals surface area (Å²) in [4.78, 5) is 0. The molecule has 1 aliphatic heterocycles. The zero-order valence-corrected chi connectivity index (χ0v) is 7.86. The van der Waals surface area contributed by atoms with Gasteiger partial charge in [0.15, 0.2) is 0 Å². The standard InChI is InChI=1S/C8H19N3/c1-7(2)5-10-6(9)8(3,4)11-7/h6,10-11H,5,9H2,1-4H3. The van der Waals surface area contributed by atoms with E-state index < -0.39 is 0 Å². The molecule has 1 unspecified atom stereocenters. The molecule has 0 aromatic carbocycles. The van der Waals surface area contributed by atoms with Crippen LogP contribution < -0.4 is 16.4 Å². The van der Waals surface area contributed by atoms with Crippen molar-refractivity contribution in [1.29, 1.82) is 0 Å². The summed E-state index contributed by atoms with van der Waals surface area (Å²) >= 11 is 0. The van der Waals surface area contributed by atoms with Gasteiger partial charge < -0.3 is 11.1 Å². The summed E-state index contributed by atoms with van der Waals surface area (Å²) in [5.74, 6) is 0. The van der Waals surface area contributed by atoms with Gasteiger partial charge in [0, 0.05) is 17.6 Å². The van der Waals surface area contributed by atoms with Gasteiger partial charge in [0.2, 0.25) is 0 Å².